The number of rotatable bonds is 2. The molecule has 2 unspecified atom stereocenters. The number of carbonyl (C=O) groups excluding carboxylic acids is 1. The molecule has 2 atom stereocenters. The molecule has 0 radical (unpaired) electrons. The highest BCUT2D eigenvalue weighted by Gasteiger charge is 2.28. The molecule has 2 rings (SSSR count). The number of benzene rings is 1. The van der Waals surface area contributed by atoms with E-state index in [1.165, 1.54) is 12.1 Å². The molecule has 0 aromatic heterocycles. The van der Waals surface area contributed by atoms with E-state index in [9.17, 15) is 9.18 Å². The van der Waals surface area contributed by atoms with Crippen LogP contribution in [0.25, 0.3) is 0 Å². The fourth-order valence-electron chi connectivity index (χ4n) is 2.15. The van der Waals surface area contributed by atoms with Crippen molar-refractivity contribution >= 4 is 11.6 Å². The molecule has 1 aromatic rings. The Labute approximate surface area is 110 Å². The van der Waals surface area contributed by atoms with Gasteiger partial charge in [0.1, 0.15) is 5.82 Å². The second-order valence-corrected chi connectivity index (χ2v) is 4.70. The van der Waals surface area contributed by atoms with Gasteiger partial charge in [0, 0.05) is 18.7 Å². The van der Waals surface area contributed by atoms with Gasteiger partial charge < -0.3 is 20.5 Å². The van der Waals surface area contributed by atoms with Gasteiger partial charge in [0.25, 0.3) is 5.91 Å². The average molecular weight is 268 g/mol. The lowest BCUT2D eigenvalue weighted by molar-refractivity contribution is -0.0858. The number of ether oxygens (including phenoxy) is 1. The first kappa shape index (κ1) is 13.8. The Balaban J connectivity index is 2.16. The molecule has 0 spiro atoms. The summed E-state index contributed by atoms with van der Waals surface area (Å²) < 4.78 is 18.8. The number of nitrogen functional groups attached to an aromatic ring is 1. The van der Waals surface area contributed by atoms with E-state index in [4.69, 9.17) is 15.6 Å². The monoisotopic (exact) mass is 268 g/mol. The number of aliphatic hydroxyl groups is 1. The van der Waals surface area contributed by atoms with Crippen LogP contribution in [-0.2, 0) is 4.74 Å². The lowest BCUT2D eigenvalue weighted by atomic mass is 10.1. The maximum absolute atomic E-state index is 13.4. The summed E-state index contributed by atoms with van der Waals surface area (Å²) in [6, 6.07) is 4.00. The van der Waals surface area contributed by atoms with Crippen molar-refractivity contribution in [3.63, 3.8) is 0 Å². The van der Waals surface area contributed by atoms with Gasteiger partial charge in [0.15, 0.2) is 0 Å². The van der Waals surface area contributed by atoms with Gasteiger partial charge in [-0.25, -0.2) is 4.39 Å². The van der Waals surface area contributed by atoms with Crippen LogP contribution < -0.4 is 5.73 Å². The predicted octanol–water partition coefficient (Wildman–Crippen LogP) is 0.630. The van der Waals surface area contributed by atoms with Crippen LogP contribution in [0.5, 0.6) is 0 Å². The Hall–Kier alpha value is -1.66. The number of morpholine rings is 1. The Kier molecular flexibility index (Phi) is 4.01. The fourth-order valence-corrected chi connectivity index (χ4v) is 2.15. The van der Waals surface area contributed by atoms with Crippen molar-refractivity contribution in [1.82, 2.24) is 4.90 Å². The van der Waals surface area contributed by atoms with Gasteiger partial charge >= 0.3 is 0 Å². The molecule has 3 N–H and O–H groups in total. The van der Waals surface area contributed by atoms with Crippen molar-refractivity contribution in [3.05, 3.63) is 29.6 Å². The van der Waals surface area contributed by atoms with Crippen LogP contribution in [0, 0.1) is 5.82 Å². The fraction of sp³-hybridized carbons (Fsp3) is 0.462. The quantitative estimate of drug-likeness (QED) is 0.771. The highest BCUT2D eigenvalue weighted by Crippen LogP contribution is 2.17. The van der Waals surface area contributed by atoms with Crippen LogP contribution in [0.4, 0.5) is 10.1 Å². The van der Waals surface area contributed by atoms with Gasteiger partial charge in [-0.3, -0.25) is 4.79 Å². The predicted molar refractivity (Wildman–Crippen MR) is 68.1 cm³/mol. The van der Waals surface area contributed by atoms with E-state index in [-0.39, 0.29) is 29.9 Å². The van der Waals surface area contributed by atoms with E-state index in [0.29, 0.717) is 13.1 Å². The number of hydrogen-bond donors (Lipinski definition) is 2. The topological polar surface area (TPSA) is 75.8 Å². The number of anilines is 1. The van der Waals surface area contributed by atoms with Gasteiger partial charge in [-0.05, 0) is 25.1 Å². The van der Waals surface area contributed by atoms with Crippen molar-refractivity contribution in [1.29, 1.82) is 0 Å². The van der Waals surface area contributed by atoms with Gasteiger partial charge in [-0.15, -0.1) is 0 Å². The molecule has 5 nitrogen and oxygen atoms in total. The number of carbonyl (C=O) groups is 1. The maximum Gasteiger partial charge on any atom is 0.254 e. The molecule has 6 heteroatoms. The van der Waals surface area contributed by atoms with Crippen molar-refractivity contribution < 1.29 is 19.0 Å². The van der Waals surface area contributed by atoms with E-state index in [0.717, 1.165) is 6.07 Å². The van der Waals surface area contributed by atoms with Crippen LogP contribution in [0.1, 0.15) is 17.3 Å². The first-order chi connectivity index (χ1) is 9.01. The smallest absolute Gasteiger partial charge is 0.254 e. The van der Waals surface area contributed by atoms with Gasteiger partial charge in [0.05, 0.1) is 24.5 Å². The minimum atomic E-state index is -0.606. The molecule has 1 aromatic carbocycles. The second-order valence-electron chi connectivity index (χ2n) is 4.70. The van der Waals surface area contributed by atoms with Crippen molar-refractivity contribution in [2.75, 3.05) is 25.4 Å². The lowest BCUT2D eigenvalue weighted by Gasteiger charge is -2.36. The summed E-state index contributed by atoms with van der Waals surface area (Å²) in [6.45, 7) is 2.39. The van der Waals surface area contributed by atoms with Gasteiger partial charge in [-0.1, -0.05) is 0 Å². The standard InChI is InChI=1S/C13H17FN2O3/c1-8-5-16(6-10(7-17)19-8)13(18)9-2-3-12(15)11(14)4-9/h2-4,8,10,17H,5-7,15H2,1H3. The zero-order valence-corrected chi connectivity index (χ0v) is 10.7. The van der Waals surface area contributed by atoms with Crippen molar-refractivity contribution in [2.45, 2.75) is 19.1 Å². The molecular formula is C13H17FN2O3. The summed E-state index contributed by atoms with van der Waals surface area (Å²) in [5.74, 6) is -0.890. The third-order valence-electron chi connectivity index (χ3n) is 3.06. The van der Waals surface area contributed by atoms with Crippen LogP contribution in [-0.4, -0.2) is 47.8 Å². The summed E-state index contributed by atoms with van der Waals surface area (Å²) in [5.41, 5.74) is 5.64. The number of aliphatic hydroxyl groups excluding tert-OH is 1. The van der Waals surface area contributed by atoms with Gasteiger partial charge in [-0.2, -0.15) is 0 Å². The van der Waals surface area contributed by atoms with Crippen molar-refractivity contribution in [2.24, 2.45) is 0 Å². The SMILES string of the molecule is CC1CN(C(=O)c2ccc(N)c(F)c2)CC(CO)O1. The summed E-state index contributed by atoms with van der Waals surface area (Å²) in [6.07, 6.45) is -0.556. The largest absolute Gasteiger partial charge is 0.396 e. The third-order valence-corrected chi connectivity index (χ3v) is 3.06. The number of nitrogens with zero attached hydrogens (tertiary/aromatic N) is 1. The molecule has 1 saturated heterocycles. The molecule has 0 bridgehead atoms. The number of amides is 1. The summed E-state index contributed by atoms with van der Waals surface area (Å²) in [5, 5.41) is 9.12. The molecular weight excluding hydrogens is 251 g/mol. The number of hydrogen-bond acceptors (Lipinski definition) is 4. The molecule has 1 aliphatic heterocycles. The van der Waals surface area contributed by atoms with E-state index in [1.807, 2.05) is 6.92 Å². The molecule has 0 aliphatic carbocycles. The number of halogens is 1. The van der Waals surface area contributed by atoms with Gasteiger partial charge in [0.2, 0.25) is 0 Å². The minimum Gasteiger partial charge on any atom is -0.396 e. The summed E-state index contributed by atoms with van der Waals surface area (Å²) in [7, 11) is 0. The molecule has 0 saturated carbocycles. The van der Waals surface area contributed by atoms with Crippen LogP contribution >= 0.6 is 0 Å². The van der Waals surface area contributed by atoms with Crippen LogP contribution in [0.2, 0.25) is 0 Å². The molecule has 19 heavy (non-hydrogen) atoms. The van der Waals surface area contributed by atoms with Crippen molar-refractivity contribution in [3.8, 4) is 0 Å². The molecule has 1 heterocycles. The van der Waals surface area contributed by atoms with Crippen LogP contribution in [0.3, 0.4) is 0 Å². The maximum atomic E-state index is 13.4. The van der Waals surface area contributed by atoms with E-state index < -0.39 is 11.9 Å². The van der Waals surface area contributed by atoms with E-state index >= 15 is 0 Å². The first-order valence-electron chi connectivity index (χ1n) is 6.12. The highest BCUT2D eigenvalue weighted by molar-refractivity contribution is 5.94. The first-order valence-corrected chi connectivity index (χ1v) is 6.12. The Morgan fingerprint density at radius 1 is 1.58 bits per heavy atom. The summed E-state index contributed by atoms with van der Waals surface area (Å²) in [4.78, 5) is 13.8. The zero-order chi connectivity index (χ0) is 14.0. The molecule has 1 amide bonds. The summed E-state index contributed by atoms with van der Waals surface area (Å²) >= 11 is 0. The molecule has 104 valence electrons. The van der Waals surface area contributed by atoms with E-state index in [1.54, 1.807) is 4.90 Å². The lowest BCUT2D eigenvalue weighted by Crippen LogP contribution is -2.50. The zero-order valence-electron chi connectivity index (χ0n) is 10.7. The second kappa shape index (κ2) is 5.54. The molecule has 1 fully saturated rings. The third kappa shape index (κ3) is 3.02. The Morgan fingerprint density at radius 2 is 2.32 bits per heavy atom. The van der Waals surface area contributed by atoms with Crippen LogP contribution in [0.15, 0.2) is 18.2 Å². The Morgan fingerprint density at radius 3 is 2.95 bits per heavy atom. The molecule has 1 aliphatic rings. The van der Waals surface area contributed by atoms with E-state index in [2.05, 4.69) is 0 Å². The highest BCUT2D eigenvalue weighted by atomic mass is 19.1. The Bertz CT molecular complexity index is 481. The minimum absolute atomic E-state index is 0.0140. The number of nitrogens with two attached hydrogens (primary N) is 1. The normalized spacial score (nSPS) is 23.4. The average Bonchev–Trinajstić information content (AvgIpc) is 2.40.